The van der Waals surface area contributed by atoms with Crippen molar-refractivity contribution in [3.05, 3.63) is 323 Å². The number of esters is 13. The summed E-state index contributed by atoms with van der Waals surface area (Å²) in [6, 6.07) is 67.5. The third-order valence-electron chi connectivity index (χ3n) is 21.4. The van der Waals surface area contributed by atoms with Crippen molar-refractivity contribution in [1.82, 2.24) is 0 Å². The lowest BCUT2D eigenvalue weighted by molar-refractivity contribution is -0.369. The van der Waals surface area contributed by atoms with E-state index in [-0.39, 0.29) is 56.7 Å². The van der Waals surface area contributed by atoms with Crippen LogP contribution >= 0.6 is 0 Å². The molecule has 0 aliphatic carbocycles. The van der Waals surface area contributed by atoms with Crippen LogP contribution < -0.4 is 0 Å². The highest BCUT2D eigenvalue weighted by molar-refractivity contribution is 6.76. The van der Waals surface area contributed by atoms with Gasteiger partial charge in [-0.25, -0.2) is 43.2 Å². The molecule has 0 aromatic heterocycles. The SMILES string of the molecule is CC(=O)OC[C@H]1O[C@H](OC[C@H]2O[C@@H](OC[C@H]3O[C@@H](OCC[Si](C)(C)C)[C@H](OC(=O)c4ccccc4)[C@@H](OC(=O)c4ccccc4)[C@H]3OC(=O)c3ccccc3)[C@H](OC(=O)c3ccccc3)[C@@H](OC(=O)c3ccccc3)[C@H]2O[C@H]2O[C@H](COC(=O)c3ccccc3)[C@@H](OC(=O)c3ccccc3)[C@H](OC(=O)c3ccccc3)[C@@H]2OC(=O)c2ccccc2)[C@H](OC(C)=O)[C@@H](OC(C)=O)[C@H]1OC(C)=O. The van der Waals surface area contributed by atoms with E-state index < -0.39 is 235 Å². The largest absolute Gasteiger partial charge is 0.463 e. The lowest BCUT2D eigenvalue weighted by Gasteiger charge is -2.49. The molecule has 20 atom stereocenters. The van der Waals surface area contributed by atoms with E-state index in [1.54, 1.807) is 103 Å². The summed E-state index contributed by atoms with van der Waals surface area (Å²) in [4.78, 5) is 189. The minimum Gasteiger partial charge on any atom is -0.463 e. The van der Waals surface area contributed by atoms with Crippen LogP contribution in [0.25, 0.3) is 0 Å². The van der Waals surface area contributed by atoms with Gasteiger partial charge in [-0.3, -0.25) is 19.2 Å². The number of benzene rings is 9. The Balaban J connectivity index is 1.03. The lowest BCUT2D eigenvalue weighted by Crippen LogP contribution is -2.68. The monoisotopic (exact) mass is 1870 g/mol. The first-order valence-corrected chi connectivity index (χ1v) is 46.9. The topological polar surface area (TPSA) is 416 Å². The average Bonchev–Trinajstić information content (AvgIpc) is 0.736. The molecule has 135 heavy (non-hydrogen) atoms. The third kappa shape index (κ3) is 26.9. The van der Waals surface area contributed by atoms with Crippen molar-refractivity contribution in [3.63, 3.8) is 0 Å². The molecule has 0 unspecified atom stereocenters. The summed E-state index contributed by atoms with van der Waals surface area (Å²) < 4.78 is 137. The highest BCUT2D eigenvalue weighted by Gasteiger charge is 2.61. The van der Waals surface area contributed by atoms with Crippen LogP contribution in [0.3, 0.4) is 0 Å². The molecule has 13 rings (SSSR count). The zero-order chi connectivity index (χ0) is 95.7. The summed E-state index contributed by atoms with van der Waals surface area (Å²) in [5.41, 5.74) is -0.819. The van der Waals surface area contributed by atoms with Crippen molar-refractivity contribution < 1.29 is 162 Å². The Labute approximate surface area is 776 Å². The Morgan fingerprint density at radius 1 is 0.222 bits per heavy atom. The zero-order valence-corrected chi connectivity index (χ0v) is 75.2. The molecule has 0 saturated carbocycles. The summed E-state index contributed by atoms with van der Waals surface area (Å²) >= 11 is 0. The van der Waals surface area contributed by atoms with Gasteiger partial charge in [0.1, 0.15) is 43.7 Å². The van der Waals surface area contributed by atoms with Gasteiger partial charge in [0.05, 0.1) is 63.3 Å². The van der Waals surface area contributed by atoms with Gasteiger partial charge in [0.2, 0.25) is 0 Å². The zero-order valence-electron chi connectivity index (χ0n) is 74.2. The number of hydrogen-bond acceptors (Lipinski definition) is 34. The van der Waals surface area contributed by atoms with Gasteiger partial charge in [-0.05, 0) is 115 Å². The Morgan fingerprint density at radius 2 is 0.430 bits per heavy atom. The summed E-state index contributed by atoms with van der Waals surface area (Å²) in [6.07, 6.45) is -41.3. The van der Waals surface area contributed by atoms with E-state index in [1.807, 2.05) is 0 Å². The van der Waals surface area contributed by atoms with E-state index in [0.717, 1.165) is 27.7 Å². The normalized spacial score (nSPS) is 24.7. The first-order valence-electron chi connectivity index (χ1n) is 43.2. The maximum Gasteiger partial charge on any atom is 0.338 e. The molecule has 9 aromatic rings. The van der Waals surface area contributed by atoms with Crippen LogP contribution in [0.1, 0.15) is 121 Å². The van der Waals surface area contributed by atoms with Crippen molar-refractivity contribution in [2.24, 2.45) is 0 Å². The van der Waals surface area contributed by atoms with Crippen LogP contribution in [0, 0.1) is 0 Å². The minimum atomic E-state index is -2.42. The summed E-state index contributed by atoms with van der Waals surface area (Å²) in [5.74, 6) is -14.0. The fourth-order valence-electron chi connectivity index (χ4n) is 14.9. The van der Waals surface area contributed by atoms with Crippen molar-refractivity contribution in [1.29, 1.82) is 0 Å². The van der Waals surface area contributed by atoms with Gasteiger partial charge in [-0.2, -0.15) is 0 Å². The molecule has 0 radical (unpaired) electrons. The van der Waals surface area contributed by atoms with Crippen molar-refractivity contribution in [2.45, 2.75) is 176 Å². The second-order valence-corrected chi connectivity index (χ2v) is 38.1. The third-order valence-corrected chi connectivity index (χ3v) is 23.1. The van der Waals surface area contributed by atoms with Gasteiger partial charge in [0, 0.05) is 42.4 Å². The number of ether oxygens (including phenoxy) is 21. The van der Waals surface area contributed by atoms with E-state index in [4.69, 9.17) is 99.5 Å². The molecule has 34 nitrogen and oxygen atoms in total. The van der Waals surface area contributed by atoms with E-state index in [1.165, 1.54) is 170 Å². The summed E-state index contributed by atoms with van der Waals surface area (Å²) in [5, 5.41) is 0. The van der Waals surface area contributed by atoms with Gasteiger partial charge < -0.3 is 99.5 Å². The van der Waals surface area contributed by atoms with Crippen LogP contribution in [0.4, 0.5) is 0 Å². The van der Waals surface area contributed by atoms with Crippen molar-refractivity contribution >= 4 is 85.7 Å². The maximum atomic E-state index is 15.8. The number of carbonyl (C=O) groups excluding carboxylic acids is 13. The lowest BCUT2D eigenvalue weighted by atomic mass is 9.95. The molecule has 4 saturated heterocycles. The Kier molecular flexibility index (Phi) is 34.3. The molecule has 9 aromatic carbocycles. The van der Waals surface area contributed by atoms with Crippen LogP contribution in [0.2, 0.25) is 25.7 Å². The van der Waals surface area contributed by atoms with Gasteiger partial charge in [0.25, 0.3) is 0 Å². The van der Waals surface area contributed by atoms with E-state index >= 15 is 24.0 Å². The van der Waals surface area contributed by atoms with E-state index in [2.05, 4.69) is 19.6 Å². The molecule has 0 spiro atoms. The molecule has 4 heterocycles. The first-order chi connectivity index (χ1) is 65.1. The molecular formula is C100H98O34Si. The van der Waals surface area contributed by atoms with Gasteiger partial charge >= 0.3 is 77.6 Å². The quantitative estimate of drug-likeness (QED) is 0.0200. The van der Waals surface area contributed by atoms with E-state index in [0.29, 0.717) is 6.04 Å². The van der Waals surface area contributed by atoms with Crippen LogP contribution in [-0.4, -0.2) is 242 Å². The second kappa shape index (κ2) is 47.1. The minimum absolute atomic E-state index is 0.000291. The highest BCUT2D eigenvalue weighted by atomic mass is 28.3. The van der Waals surface area contributed by atoms with Crippen LogP contribution in [0.15, 0.2) is 273 Å². The molecule has 4 aliphatic heterocycles. The van der Waals surface area contributed by atoms with Crippen LogP contribution in [-0.2, 0) is 119 Å². The molecule has 35 heteroatoms. The Bertz CT molecular complexity index is 5510. The molecule has 0 bridgehead atoms. The molecule has 0 amide bonds. The van der Waals surface area contributed by atoms with Gasteiger partial charge in [-0.15, -0.1) is 0 Å². The molecule has 0 N–H and O–H groups in total. The highest BCUT2D eigenvalue weighted by Crippen LogP contribution is 2.41. The second-order valence-electron chi connectivity index (χ2n) is 32.5. The molecular weight excluding hydrogens is 1770 g/mol. The number of rotatable bonds is 36. The fourth-order valence-corrected chi connectivity index (χ4v) is 15.7. The maximum absolute atomic E-state index is 15.8. The molecule has 706 valence electrons. The Morgan fingerprint density at radius 3 is 0.726 bits per heavy atom. The Hall–Kier alpha value is -14.0. The predicted octanol–water partition coefficient (Wildman–Crippen LogP) is 11.7. The number of carbonyl (C=O) groups is 13. The van der Waals surface area contributed by atoms with Crippen LogP contribution in [0.5, 0.6) is 0 Å². The summed E-state index contributed by atoms with van der Waals surface area (Å²) in [7, 11) is -2.08. The average molecular weight is 1870 g/mol. The van der Waals surface area contributed by atoms with Crippen molar-refractivity contribution in [3.8, 4) is 0 Å². The fraction of sp³-hybridized carbons (Fsp3) is 0.330. The molecule has 4 fully saturated rings. The summed E-state index contributed by atoms with van der Waals surface area (Å²) in [6.45, 7) is 6.18. The first kappa shape index (κ1) is 98.5. The smallest absolute Gasteiger partial charge is 0.338 e. The van der Waals surface area contributed by atoms with Gasteiger partial charge in [-0.1, -0.05) is 183 Å². The predicted molar refractivity (Wildman–Crippen MR) is 471 cm³/mol. The van der Waals surface area contributed by atoms with E-state index in [9.17, 15) is 38.4 Å². The van der Waals surface area contributed by atoms with Crippen molar-refractivity contribution in [2.75, 3.05) is 33.0 Å². The van der Waals surface area contributed by atoms with Gasteiger partial charge in [0.15, 0.2) is 92.3 Å². The molecule has 4 aliphatic rings. The number of hydrogen-bond donors (Lipinski definition) is 0. The standard InChI is InChI=1S/C100H98O34Si/c1-59(101)115-55-72-76(119-60(2)102)80(120-61(3)103)84(121-62(4)104)98(123-72)117-58-75-79(134-100-87(133-96(113)71-51-33-16-34-52-71)82(129-92(109)67-43-25-12-26-44-67)77(126-89(106)64-37-19-9-20-38-64)73(125-100)56-116-88(105)63-35-17-8-18-36-63)83(130-93(110)68-45-27-13-28-46-68)86(132-95(112)70-49-31-15-32-50-70)99(124-75)118-57-74-78(127-90(107)65-39-21-10-22-40-65)81(128-91(108)66-41-23-11-24-42-66)85(97(122-74)114-53-54-135(5,6)7)131-94(111)69-47-29-14-30-48-69/h8-52,72-87,97-100H,53-58H2,1-7H3/t72-,73-,74-,75-,76+,77-,78+,79+,80+,81+,82+,83+,84-,85-,86-,87+,97-,98+,99-,100-/m1/s1.